The number of carboxylic acids is 1. The van der Waals surface area contributed by atoms with Crippen molar-refractivity contribution in [2.75, 3.05) is 5.75 Å². The number of para-hydroxylation sites is 1. The van der Waals surface area contributed by atoms with E-state index in [2.05, 4.69) is 44.7 Å². The Hall–Kier alpha value is -4.13. The minimum Gasteiger partial charge on any atom is -0.480 e. The molecule has 0 saturated heterocycles. The Bertz CT molecular complexity index is 2040. The Labute approximate surface area is 286 Å². The number of aromatic nitrogens is 3. The largest absolute Gasteiger partial charge is 0.480 e. The molecule has 2 aromatic heterocycles. The van der Waals surface area contributed by atoms with E-state index in [-0.39, 0.29) is 5.75 Å². The molecule has 0 bridgehead atoms. The van der Waals surface area contributed by atoms with Crippen molar-refractivity contribution in [1.82, 2.24) is 18.7 Å². The van der Waals surface area contributed by atoms with Crippen LogP contribution in [-0.4, -0.2) is 41.5 Å². The van der Waals surface area contributed by atoms with Crippen LogP contribution in [0.15, 0.2) is 60.8 Å². The summed E-state index contributed by atoms with van der Waals surface area (Å²) in [6, 6.07) is 14.0. The van der Waals surface area contributed by atoms with E-state index in [4.69, 9.17) is 10.8 Å². The van der Waals surface area contributed by atoms with Crippen molar-refractivity contribution in [2.45, 2.75) is 78.3 Å². The minimum absolute atomic E-state index is 0.0480. The maximum Gasteiger partial charge on any atom is 0.416 e. The van der Waals surface area contributed by atoms with Crippen molar-refractivity contribution in [3.8, 4) is 16.9 Å². The van der Waals surface area contributed by atoms with Gasteiger partial charge in [-0.1, -0.05) is 38.1 Å². The minimum atomic E-state index is -4.42. The molecule has 3 aromatic carbocycles. The van der Waals surface area contributed by atoms with Crippen molar-refractivity contribution < 1.29 is 27.5 Å². The lowest BCUT2D eigenvalue weighted by Gasteiger charge is -2.32. The van der Waals surface area contributed by atoms with Gasteiger partial charge in [0.1, 0.15) is 11.9 Å². The number of hydrogen-bond donors (Lipinski definition) is 2. The first-order valence-corrected chi connectivity index (χ1v) is 17.2. The van der Waals surface area contributed by atoms with Crippen LogP contribution in [-0.2, 0) is 42.4 Å². The number of fused-ring (bicyclic) bond motifs is 2. The Balaban J connectivity index is 1.52. The Morgan fingerprint density at radius 1 is 1.06 bits per heavy atom. The lowest BCUT2D eigenvalue weighted by Crippen LogP contribution is -2.36. The summed E-state index contributed by atoms with van der Waals surface area (Å²) in [5.74, 6) is -1.54. The Morgan fingerprint density at radius 2 is 1.76 bits per heavy atom. The molecule has 0 saturated carbocycles. The lowest BCUT2D eigenvalue weighted by atomic mass is 9.96. The first-order chi connectivity index (χ1) is 23.2. The molecule has 0 spiro atoms. The van der Waals surface area contributed by atoms with Gasteiger partial charge in [-0.25, -0.2) is 9.07 Å². The van der Waals surface area contributed by atoms with Gasteiger partial charge in [0.05, 0.1) is 33.7 Å². The van der Waals surface area contributed by atoms with E-state index in [1.165, 1.54) is 12.1 Å². The second-order valence-corrected chi connectivity index (χ2v) is 14.0. The molecule has 3 N–H and O–H groups in total. The summed E-state index contributed by atoms with van der Waals surface area (Å²) in [5, 5.41) is 15.3. The fraction of sp³-hybridized carbons (Fsp3) is 0.351. The number of hydrogen-bond acceptors (Lipinski definition) is 5. The van der Waals surface area contributed by atoms with Gasteiger partial charge in [0.2, 0.25) is 0 Å². The SMILES string of the molecule is CCc1cccc(CC)c1-n1nc2c(c1-c1ccc(F)c3c1ccn3SC[C@@H](N)C(=O)O)CN(Cc1ccc(C(F)(F)F)cc1C)C2(C)C. The molecule has 5 aromatic rings. The number of aliphatic carboxylic acids is 1. The number of nitrogens with zero attached hydrogens (tertiary/aromatic N) is 4. The van der Waals surface area contributed by atoms with Crippen LogP contribution in [0.4, 0.5) is 17.6 Å². The number of aryl methyl sites for hydroxylation is 3. The maximum atomic E-state index is 15.6. The molecule has 6 rings (SSSR count). The second kappa shape index (κ2) is 13.0. The number of carboxylic acid groups (broad SMARTS) is 1. The van der Waals surface area contributed by atoms with Crippen molar-refractivity contribution >= 4 is 28.8 Å². The predicted octanol–water partition coefficient (Wildman–Crippen LogP) is 8.24. The fourth-order valence-electron chi connectivity index (χ4n) is 6.80. The Kier molecular flexibility index (Phi) is 9.18. The average Bonchev–Trinajstić information content (AvgIpc) is 3.72. The zero-order valence-electron chi connectivity index (χ0n) is 28.0. The summed E-state index contributed by atoms with van der Waals surface area (Å²) < 4.78 is 59.5. The van der Waals surface area contributed by atoms with E-state index in [1.54, 1.807) is 29.2 Å². The molecular formula is C37H39F4N5O2S. The molecule has 0 unspecified atom stereocenters. The van der Waals surface area contributed by atoms with Crippen molar-refractivity contribution in [2.24, 2.45) is 5.73 Å². The molecule has 7 nitrogen and oxygen atoms in total. The highest BCUT2D eigenvalue weighted by atomic mass is 32.2. The first-order valence-electron chi connectivity index (χ1n) is 16.2. The van der Waals surface area contributed by atoms with E-state index in [9.17, 15) is 23.1 Å². The van der Waals surface area contributed by atoms with Gasteiger partial charge in [-0.2, -0.15) is 18.3 Å². The van der Waals surface area contributed by atoms with Gasteiger partial charge in [0.25, 0.3) is 0 Å². The third-order valence-electron chi connectivity index (χ3n) is 9.64. The highest BCUT2D eigenvalue weighted by molar-refractivity contribution is 7.98. The number of nitrogens with two attached hydrogens (primary N) is 1. The van der Waals surface area contributed by atoms with E-state index in [0.29, 0.717) is 29.6 Å². The molecule has 1 aliphatic heterocycles. The van der Waals surface area contributed by atoms with E-state index >= 15 is 4.39 Å². The standard InChI is InChI=1S/C37H39F4N5O2S/c1-6-22-9-8-10-23(7-2)31(22)46-32(26-13-14-29(38)33-27(26)15-16-45(33)49-20-30(42)35(47)48)28-19-44(36(4,5)34(28)43-46)18-24-11-12-25(17-21(24)3)37(39,40)41/h8-17,30H,6-7,18-20,42H2,1-5H3,(H,47,48)/t30-/m1/s1. The Morgan fingerprint density at radius 3 is 2.37 bits per heavy atom. The molecule has 0 amide bonds. The number of alkyl halides is 3. The van der Waals surface area contributed by atoms with Gasteiger partial charge in [0.15, 0.2) is 0 Å². The number of benzene rings is 3. The zero-order chi connectivity index (χ0) is 35.4. The number of halogens is 4. The molecule has 1 aliphatic rings. The van der Waals surface area contributed by atoms with E-state index in [1.807, 2.05) is 16.8 Å². The van der Waals surface area contributed by atoms with Crippen LogP contribution in [0.2, 0.25) is 0 Å². The summed E-state index contributed by atoms with van der Waals surface area (Å²) in [5.41, 5.74) is 12.8. The van der Waals surface area contributed by atoms with Gasteiger partial charge >= 0.3 is 12.1 Å². The van der Waals surface area contributed by atoms with Crippen molar-refractivity contribution in [1.29, 1.82) is 0 Å². The van der Waals surface area contributed by atoms with Crippen LogP contribution in [0.1, 0.15) is 66.8 Å². The fourth-order valence-corrected chi connectivity index (χ4v) is 7.73. The highest BCUT2D eigenvalue weighted by Gasteiger charge is 2.43. The van der Waals surface area contributed by atoms with Crippen LogP contribution < -0.4 is 5.73 Å². The van der Waals surface area contributed by atoms with Crippen LogP contribution >= 0.6 is 11.9 Å². The molecule has 49 heavy (non-hydrogen) atoms. The third kappa shape index (κ3) is 6.15. The molecular weight excluding hydrogens is 654 g/mol. The van der Waals surface area contributed by atoms with Crippen molar-refractivity contribution in [3.63, 3.8) is 0 Å². The maximum absolute atomic E-state index is 15.6. The van der Waals surface area contributed by atoms with Gasteiger partial charge in [-0.05, 0) is 98.1 Å². The van der Waals surface area contributed by atoms with Gasteiger partial charge < -0.3 is 10.8 Å². The summed E-state index contributed by atoms with van der Waals surface area (Å²) in [4.78, 5) is 13.6. The normalized spacial score (nSPS) is 15.2. The van der Waals surface area contributed by atoms with E-state index in [0.717, 1.165) is 75.7 Å². The number of carbonyl (C=O) groups is 1. The average molecular weight is 694 g/mol. The van der Waals surface area contributed by atoms with Crippen LogP contribution in [0.3, 0.4) is 0 Å². The first kappa shape index (κ1) is 34.7. The lowest BCUT2D eigenvalue weighted by molar-refractivity contribution is -0.138. The van der Waals surface area contributed by atoms with Crippen molar-refractivity contribution in [3.05, 3.63) is 106 Å². The molecule has 0 fully saturated rings. The highest BCUT2D eigenvalue weighted by Crippen LogP contribution is 2.47. The third-order valence-corrected chi connectivity index (χ3v) is 10.7. The van der Waals surface area contributed by atoms with Gasteiger partial charge in [-0.15, -0.1) is 0 Å². The summed E-state index contributed by atoms with van der Waals surface area (Å²) >= 11 is 1.13. The second-order valence-electron chi connectivity index (χ2n) is 13.0. The number of rotatable bonds is 10. The quantitative estimate of drug-likeness (QED) is 0.143. The molecule has 258 valence electrons. The molecule has 0 aliphatic carbocycles. The van der Waals surface area contributed by atoms with Gasteiger partial charge in [0, 0.05) is 41.6 Å². The van der Waals surface area contributed by atoms with Crippen LogP contribution in [0.25, 0.3) is 27.8 Å². The summed E-state index contributed by atoms with van der Waals surface area (Å²) in [6.45, 7) is 10.9. The van der Waals surface area contributed by atoms with E-state index < -0.39 is 35.1 Å². The smallest absolute Gasteiger partial charge is 0.416 e. The summed E-state index contributed by atoms with van der Waals surface area (Å²) in [6.07, 6.45) is -1.16. The molecule has 12 heteroatoms. The predicted molar refractivity (Wildman–Crippen MR) is 185 cm³/mol. The molecule has 3 heterocycles. The van der Waals surface area contributed by atoms with Crippen LogP contribution in [0, 0.1) is 12.7 Å². The van der Waals surface area contributed by atoms with Crippen LogP contribution in [0.5, 0.6) is 0 Å². The zero-order valence-corrected chi connectivity index (χ0v) is 28.8. The van der Waals surface area contributed by atoms with Gasteiger partial charge in [-0.3, -0.25) is 13.7 Å². The molecule has 1 atom stereocenters. The summed E-state index contributed by atoms with van der Waals surface area (Å²) in [7, 11) is 0. The topological polar surface area (TPSA) is 89.3 Å². The molecule has 0 radical (unpaired) electrons. The monoisotopic (exact) mass is 693 g/mol.